The highest BCUT2D eigenvalue weighted by molar-refractivity contribution is 6.05. The van der Waals surface area contributed by atoms with Crippen molar-refractivity contribution in [1.82, 2.24) is 5.32 Å². The number of carbonyl (C=O) groups excluding carboxylic acids is 1. The molecule has 2 rings (SSSR count). The third-order valence-corrected chi connectivity index (χ3v) is 3.14. The van der Waals surface area contributed by atoms with Gasteiger partial charge in [0.2, 0.25) is 0 Å². The molecule has 7 nitrogen and oxygen atoms in total. The molecule has 0 aliphatic rings. The molecule has 0 saturated carbocycles. The summed E-state index contributed by atoms with van der Waals surface area (Å²) in [6.45, 7) is 0. The molecule has 1 amide bonds. The summed E-state index contributed by atoms with van der Waals surface area (Å²) in [6, 6.07) is 8.88. The van der Waals surface area contributed by atoms with E-state index in [-0.39, 0.29) is 11.3 Å². The Kier molecular flexibility index (Phi) is 4.26. The fourth-order valence-electron chi connectivity index (χ4n) is 2.07. The normalized spacial score (nSPS) is 11.8. The standard InChI is InChI=1S/C15H14N2O5/c16-11-6-9-4-2-1-3-8(9)5-10(11)14(20)17-12(15(21)22)7-13(18)19/h1-6,12H,7,16H2,(H,17,20)(H,18,19)(H,21,22)/t12-/m0/s1. The third-order valence-electron chi connectivity index (χ3n) is 3.14. The quantitative estimate of drug-likeness (QED) is 0.611. The van der Waals surface area contributed by atoms with E-state index in [1.165, 1.54) is 0 Å². The fraction of sp³-hybridized carbons (Fsp3) is 0.133. The predicted octanol–water partition coefficient (Wildman–Crippen LogP) is 1.08. The molecule has 0 spiro atoms. The van der Waals surface area contributed by atoms with Crippen molar-refractivity contribution in [2.45, 2.75) is 12.5 Å². The average molecular weight is 302 g/mol. The summed E-state index contributed by atoms with van der Waals surface area (Å²) in [4.78, 5) is 33.8. The van der Waals surface area contributed by atoms with Crippen LogP contribution in [0.15, 0.2) is 36.4 Å². The molecule has 5 N–H and O–H groups in total. The summed E-state index contributed by atoms with van der Waals surface area (Å²) >= 11 is 0. The second-order valence-corrected chi connectivity index (χ2v) is 4.75. The van der Waals surface area contributed by atoms with Crippen LogP contribution >= 0.6 is 0 Å². The second kappa shape index (κ2) is 6.13. The number of carboxylic acids is 2. The van der Waals surface area contributed by atoms with Crippen LogP contribution in [0.3, 0.4) is 0 Å². The lowest BCUT2D eigenvalue weighted by molar-refractivity contribution is -0.145. The zero-order valence-electron chi connectivity index (χ0n) is 11.4. The van der Waals surface area contributed by atoms with E-state index in [4.69, 9.17) is 15.9 Å². The lowest BCUT2D eigenvalue weighted by Crippen LogP contribution is -2.42. The van der Waals surface area contributed by atoms with Crippen LogP contribution in [0, 0.1) is 0 Å². The van der Waals surface area contributed by atoms with Crippen LogP contribution in [-0.4, -0.2) is 34.1 Å². The van der Waals surface area contributed by atoms with E-state index in [9.17, 15) is 14.4 Å². The highest BCUT2D eigenvalue weighted by Crippen LogP contribution is 2.22. The molecule has 7 heteroatoms. The number of nitrogens with one attached hydrogen (secondary N) is 1. The van der Waals surface area contributed by atoms with Crippen molar-refractivity contribution in [2.24, 2.45) is 0 Å². The topological polar surface area (TPSA) is 130 Å². The van der Waals surface area contributed by atoms with Crippen LogP contribution in [0.2, 0.25) is 0 Å². The fourth-order valence-corrected chi connectivity index (χ4v) is 2.07. The van der Waals surface area contributed by atoms with Crippen molar-refractivity contribution < 1.29 is 24.6 Å². The number of fused-ring (bicyclic) bond motifs is 1. The molecule has 2 aromatic rings. The van der Waals surface area contributed by atoms with Crippen LogP contribution < -0.4 is 11.1 Å². The Bertz CT molecular complexity index is 757. The van der Waals surface area contributed by atoms with Gasteiger partial charge in [-0.25, -0.2) is 4.79 Å². The van der Waals surface area contributed by atoms with Gasteiger partial charge in [0, 0.05) is 5.69 Å². The van der Waals surface area contributed by atoms with Gasteiger partial charge in [0.1, 0.15) is 6.04 Å². The van der Waals surface area contributed by atoms with E-state index in [0.29, 0.717) is 0 Å². The first-order chi connectivity index (χ1) is 10.4. The summed E-state index contributed by atoms with van der Waals surface area (Å²) in [5, 5.41) is 21.4. The molecular weight excluding hydrogens is 288 g/mol. The molecule has 0 aliphatic carbocycles. The van der Waals surface area contributed by atoms with Crippen molar-refractivity contribution in [2.75, 3.05) is 5.73 Å². The molecule has 0 heterocycles. The smallest absolute Gasteiger partial charge is 0.326 e. The van der Waals surface area contributed by atoms with Crippen molar-refractivity contribution >= 4 is 34.3 Å². The third kappa shape index (κ3) is 3.32. The van der Waals surface area contributed by atoms with Gasteiger partial charge < -0.3 is 21.3 Å². The summed E-state index contributed by atoms with van der Waals surface area (Å²) < 4.78 is 0. The molecule has 1 atom stereocenters. The average Bonchev–Trinajstić information content (AvgIpc) is 2.45. The van der Waals surface area contributed by atoms with Gasteiger partial charge in [0.25, 0.3) is 5.91 Å². The second-order valence-electron chi connectivity index (χ2n) is 4.75. The number of nitrogen functional groups attached to an aromatic ring is 1. The maximum atomic E-state index is 12.2. The number of benzene rings is 2. The summed E-state index contributed by atoms with van der Waals surface area (Å²) in [7, 11) is 0. The van der Waals surface area contributed by atoms with E-state index in [1.807, 2.05) is 12.1 Å². The van der Waals surface area contributed by atoms with Gasteiger partial charge in [0.15, 0.2) is 0 Å². The van der Waals surface area contributed by atoms with Crippen molar-refractivity contribution in [3.8, 4) is 0 Å². The van der Waals surface area contributed by atoms with Crippen molar-refractivity contribution in [1.29, 1.82) is 0 Å². The minimum absolute atomic E-state index is 0.107. The molecule has 0 bridgehead atoms. The van der Waals surface area contributed by atoms with Crippen LogP contribution in [0.4, 0.5) is 5.69 Å². The first-order valence-electron chi connectivity index (χ1n) is 6.42. The molecule has 0 aromatic heterocycles. The van der Waals surface area contributed by atoms with E-state index >= 15 is 0 Å². The number of nitrogens with two attached hydrogens (primary N) is 1. The monoisotopic (exact) mass is 302 g/mol. The maximum Gasteiger partial charge on any atom is 0.326 e. The Balaban J connectivity index is 2.30. The SMILES string of the molecule is Nc1cc2ccccc2cc1C(=O)N[C@@H](CC(=O)O)C(=O)O. The number of hydrogen-bond donors (Lipinski definition) is 4. The Morgan fingerprint density at radius 2 is 1.68 bits per heavy atom. The highest BCUT2D eigenvalue weighted by atomic mass is 16.4. The Labute approximate surface area is 125 Å². The molecular formula is C15H14N2O5. The van der Waals surface area contributed by atoms with Crippen LogP contribution in [0.5, 0.6) is 0 Å². The van der Waals surface area contributed by atoms with E-state index in [0.717, 1.165) is 10.8 Å². The molecule has 0 fully saturated rings. The number of carboxylic acid groups (broad SMARTS) is 2. The zero-order chi connectivity index (χ0) is 16.3. The van der Waals surface area contributed by atoms with E-state index in [1.54, 1.807) is 24.3 Å². The number of rotatable bonds is 5. The molecule has 0 aliphatic heterocycles. The summed E-state index contributed by atoms with van der Waals surface area (Å²) in [6.07, 6.45) is -0.714. The Morgan fingerprint density at radius 1 is 1.09 bits per heavy atom. The van der Waals surface area contributed by atoms with Crippen LogP contribution in [-0.2, 0) is 9.59 Å². The highest BCUT2D eigenvalue weighted by Gasteiger charge is 2.24. The number of hydrogen-bond acceptors (Lipinski definition) is 4. The first-order valence-corrected chi connectivity index (χ1v) is 6.42. The molecule has 2 aromatic carbocycles. The van der Waals surface area contributed by atoms with Crippen molar-refractivity contribution in [3.63, 3.8) is 0 Å². The van der Waals surface area contributed by atoms with Gasteiger partial charge in [-0.05, 0) is 22.9 Å². The molecule has 0 saturated heterocycles. The first kappa shape index (κ1) is 15.3. The lowest BCUT2D eigenvalue weighted by Gasteiger charge is -2.14. The molecule has 114 valence electrons. The van der Waals surface area contributed by atoms with E-state index < -0.39 is 30.3 Å². The van der Waals surface area contributed by atoms with E-state index in [2.05, 4.69) is 5.32 Å². The van der Waals surface area contributed by atoms with Gasteiger partial charge in [-0.3, -0.25) is 9.59 Å². The van der Waals surface area contributed by atoms with Gasteiger partial charge in [-0.2, -0.15) is 0 Å². The molecule has 0 radical (unpaired) electrons. The van der Waals surface area contributed by atoms with Crippen molar-refractivity contribution in [3.05, 3.63) is 42.0 Å². The lowest BCUT2D eigenvalue weighted by atomic mass is 10.0. The Hall–Kier alpha value is -3.09. The predicted molar refractivity (Wildman–Crippen MR) is 79.5 cm³/mol. The van der Waals surface area contributed by atoms with Crippen LogP contribution in [0.25, 0.3) is 10.8 Å². The summed E-state index contributed by atoms with van der Waals surface area (Å²) in [5.74, 6) is -3.47. The zero-order valence-corrected chi connectivity index (χ0v) is 11.4. The number of amides is 1. The number of carbonyl (C=O) groups is 3. The molecule has 0 unspecified atom stereocenters. The largest absolute Gasteiger partial charge is 0.481 e. The summed E-state index contributed by atoms with van der Waals surface area (Å²) in [5.41, 5.74) is 6.11. The van der Waals surface area contributed by atoms with Gasteiger partial charge in [-0.1, -0.05) is 24.3 Å². The molecule has 22 heavy (non-hydrogen) atoms. The maximum absolute atomic E-state index is 12.2. The van der Waals surface area contributed by atoms with Gasteiger partial charge in [0.05, 0.1) is 12.0 Å². The number of anilines is 1. The van der Waals surface area contributed by atoms with Crippen LogP contribution in [0.1, 0.15) is 16.8 Å². The minimum atomic E-state index is -1.52. The Morgan fingerprint density at radius 3 is 2.23 bits per heavy atom. The van der Waals surface area contributed by atoms with Gasteiger partial charge in [-0.15, -0.1) is 0 Å². The minimum Gasteiger partial charge on any atom is -0.481 e. The van der Waals surface area contributed by atoms with Gasteiger partial charge >= 0.3 is 11.9 Å². The number of aliphatic carboxylic acids is 2.